The molecule has 0 spiro atoms. The first kappa shape index (κ1) is 12.4. The number of hydrogen-bond acceptors (Lipinski definition) is 2. The Morgan fingerprint density at radius 1 is 1.35 bits per heavy atom. The van der Waals surface area contributed by atoms with Crippen LogP contribution >= 0.6 is 0 Å². The monoisotopic (exact) mass is 238 g/mol. The average Bonchev–Trinajstić information content (AvgIpc) is 2.52. The summed E-state index contributed by atoms with van der Waals surface area (Å²) in [5.41, 5.74) is -0.268. The van der Waals surface area contributed by atoms with Gasteiger partial charge in [0.1, 0.15) is 0 Å². The van der Waals surface area contributed by atoms with Crippen LogP contribution in [-0.4, -0.2) is 36.9 Å². The number of hydrogen-bond donors (Lipinski definition) is 1. The summed E-state index contributed by atoms with van der Waals surface area (Å²) in [5.74, 6) is 0.498. The van der Waals surface area contributed by atoms with Crippen LogP contribution in [0.3, 0.4) is 0 Å². The van der Waals surface area contributed by atoms with Gasteiger partial charge in [-0.25, -0.2) is 4.79 Å². The first-order valence-corrected chi connectivity index (χ1v) is 6.24. The summed E-state index contributed by atoms with van der Waals surface area (Å²) in [6.45, 7) is 6.37. The first-order chi connectivity index (χ1) is 7.72. The summed E-state index contributed by atoms with van der Waals surface area (Å²) >= 11 is 0. The molecule has 17 heavy (non-hydrogen) atoms. The van der Waals surface area contributed by atoms with Crippen molar-refractivity contribution in [2.75, 3.05) is 14.1 Å². The number of fused-ring (bicyclic) bond motifs is 2. The number of amides is 2. The highest BCUT2D eigenvalue weighted by atomic mass is 16.2. The molecule has 1 N–H and O–H groups in total. The van der Waals surface area contributed by atoms with Gasteiger partial charge in [-0.2, -0.15) is 0 Å². The average molecular weight is 238 g/mol. The maximum Gasteiger partial charge on any atom is 0.317 e. The lowest BCUT2D eigenvalue weighted by Crippen LogP contribution is -2.49. The summed E-state index contributed by atoms with van der Waals surface area (Å²) in [7, 11) is 3.39. The van der Waals surface area contributed by atoms with Gasteiger partial charge in [0, 0.05) is 19.5 Å². The van der Waals surface area contributed by atoms with Gasteiger partial charge in [-0.1, -0.05) is 20.8 Å². The fourth-order valence-corrected chi connectivity index (χ4v) is 3.51. The summed E-state index contributed by atoms with van der Waals surface area (Å²) in [4.78, 5) is 25.6. The molecule has 4 nitrogen and oxygen atoms in total. The minimum absolute atomic E-state index is 0.00561. The number of rotatable bonds is 1. The standard InChI is InChI=1S/C13H22N2O2/c1-12(2)8-6-7-13(12,3)10(16)9(8)14-11(17)15(4)5/h8-9H,6-7H2,1-5H3,(H,14,17). The lowest BCUT2D eigenvalue weighted by atomic mass is 9.70. The van der Waals surface area contributed by atoms with E-state index in [0.717, 1.165) is 12.8 Å². The van der Waals surface area contributed by atoms with Crippen LogP contribution in [0.1, 0.15) is 33.6 Å². The van der Waals surface area contributed by atoms with E-state index >= 15 is 0 Å². The van der Waals surface area contributed by atoms with Gasteiger partial charge < -0.3 is 10.2 Å². The van der Waals surface area contributed by atoms with Crippen molar-refractivity contribution in [3.63, 3.8) is 0 Å². The van der Waals surface area contributed by atoms with Gasteiger partial charge >= 0.3 is 6.03 Å². The van der Waals surface area contributed by atoms with Gasteiger partial charge in [-0.3, -0.25) is 4.79 Å². The molecule has 3 atom stereocenters. The van der Waals surface area contributed by atoms with Crippen LogP contribution in [0.4, 0.5) is 4.79 Å². The molecule has 2 aliphatic carbocycles. The molecular weight excluding hydrogens is 216 g/mol. The van der Waals surface area contributed by atoms with E-state index in [0.29, 0.717) is 0 Å². The predicted molar refractivity (Wildman–Crippen MR) is 65.6 cm³/mol. The van der Waals surface area contributed by atoms with Gasteiger partial charge in [0.2, 0.25) is 0 Å². The zero-order valence-corrected chi connectivity index (χ0v) is 11.3. The Kier molecular flexibility index (Phi) is 2.53. The predicted octanol–water partition coefficient (Wildman–Crippen LogP) is 1.65. The summed E-state index contributed by atoms with van der Waals surface area (Å²) in [5, 5.41) is 2.88. The molecule has 0 saturated heterocycles. The van der Waals surface area contributed by atoms with E-state index in [4.69, 9.17) is 0 Å². The molecule has 0 aromatic carbocycles. The van der Waals surface area contributed by atoms with E-state index in [-0.39, 0.29) is 34.6 Å². The van der Waals surface area contributed by atoms with Crippen LogP contribution in [0, 0.1) is 16.7 Å². The molecule has 0 aliphatic heterocycles. The normalized spacial score (nSPS) is 38.3. The van der Waals surface area contributed by atoms with Crippen molar-refractivity contribution < 1.29 is 9.59 Å². The molecular formula is C13H22N2O2. The molecule has 96 valence electrons. The maximum absolute atomic E-state index is 12.4. The lowest BCUT2D eigenvalue weighted by molar-refractivity contribution is -0.129. The van der Waals surface area contributed by atoms with Crippen LogP contribution in [0.5, 0.6) is 0 Å². The van der Waals surface area contributed by atoms with Crippen LogP contribution in [0.15, 0.2) is 0 Å². The molecule has 0 heterocycles. The van der Waals surface area contributed by atoms with Gasteiger partial charge in [0.15, 0.2) is 5.78 Å². The smallest absolute Gasteiger partial charge is 0.317 e. The second kappa shape index (κ2) is 3.47. The first-order valence-electron chi connectivity index (χ1n) is 6.24. The molecule has 2 bridgehead atoms. The summed E-state index contributed by atoms with van der Waals surface area (Å²) < 4.78 is 0. The second-order valence-corrected chi connectivity index (χ2v) is 6.38. The molecule has 2 fully saturated rings. The minimum Gasteiger partial charge on any atom is -0.331 e. The highest BCUT2D eigenvalue weighted by Gasteiger charge is 2.66. The third kappa shape index (κ3) is 1.42. The van der Waals surface area contributed by atoms with E-state index in [1.165, 1.54) is 4.90 Å². The lowest BCUT2D eigenvalue weighted by Gasteiger charge is -2.32. The molecule has 0 radical (unpaired) electrons. The number of urea groups is 1. The van der Waals surface area contributed by atoms with E-state index in [1.807, 2.05) is 0 Å². The minimum atomic E-state index is -0.293. The van der Waals surface area contributed by atoms with E-state index in [2.05, 4.69) is 26.1 Å². The van der Waals surface area contributed by atoms with Crippen molar-refractivity contribution in [2.45, 2.75) is 39.7 Å². The highest BCUT2D eigenvalue weighted by Crippen LogP contribution is 2.63. The number of Topliss-reactive ketones (excluding diaryl/α,β-unsaturated/α-hetero) is 1. The highest BCUT2D eigenvalue weighted by molar-refractivity contribution is 5.96. The van der Waals surface area contributed by atoms with Crippen LogP contribution in [-0.2, 0) is 4.79 Å². The Bertz CT molecular complexity index is 376. The topological polar surface area (TPSA) is 49.4 Å². The Morgan fingerprint density at radius 2 is 1.94 bits per heavy atom. The van der Waals surface area contributed by atoms with Crippen LogP contribution < -0.4 is 5.32 Å². The van der Waals surface area contributed by atoms with E-state index < -0.39 is 0 Å². The number of carbonyl (C=O) groups is 2. The zero-order valence-electron chi connectivity index (χ0n) is 11.3. The third-order valence-corrected chi connectivity index (χ3v) is 5.22. The zero-order chi connectivity index (χ0) is 13.0. The van der Waals surface area contributed by atoms with Crippen molar-refractivity contribution >= 4 is 11.8 Å². The molecule has 4 heteroatoms. The van der Waals surface area contributed by atoms with Gasteiger partial charge in [-0.15, -0.1) is 0 Å². The third-order valence-electron chi connectivity index (χ3n) is 5.22. The van der Waals surface area contributed by atoms with E-state index in [9.17, 15) is 9.59 Å². The number of carbonyl (C=O) groups excluding carboxylic acids is 2. The maximum atomic E-state index is 12.4. The van der Waals surface area contributed by atoms with Gasteiger partial charge in [0.05, 0.1) is 6.04 Å². The number of ketones is 1. The molecule has 3 unspecified atom stereocenters. The molecule has 0 aromatic heterocycles. The Labute approximate surface area is 103 Å². The van der Waals surface area contributed by atoms with Crippen LogP contribution in [0.25, 0.3) is 0 Å². The molecule has 2 amide bonds. The Morgan fingerprint density at radius 3 is 2.35 bits per heavy atom. The van der Waals surface area contributed by atoms with Gasteiger partial charge in [-0.05, 0) is 24.2 Å². The molecule has 2 saturated carbocycles. The number of nitrogens with one attached hydrogen (secondary N) is 1. The van der Waals surface area contributed by atoms with Crippen molar-refractivity contribution in [2.24, 2.45) is 16.7 Å². The fourth-order valence-electron chi connectivity index (χ4n) is 3.51. The van der Waals surface area contributed by atoms with Crippen molar-refractivity contribution in [3.05, 3.63) is 0 Å². The van der Waals surface area contributed by atoms with E-state index in [1.54, 1.807) is 14.1 Å². The Balaban J connectivity index is 2.23. The molecule has 2 rings (SSSR count). The second-order valence-electron chi connectivity index (χ2n) is 6.38. The number of nitrogens with zero attached hydrogens (tertiary/aromatic N) is 1. The SMILES string of the molecule is CN(C)C(=O)NC1C(=O)C2(C)CCC1C2(C)C. The van der Waals surface area contributed by atoms with Crippen molar-refractivity contribution in [1.29, 1.82) is 0 Å². The summed E-state index contributed by atoms with van der Waals surface area (Å²) in [6, 6.07) is -0.464. The van der Waals surface area contributed by atoms with Crippen molar-refractivity contribution in [3.8, 4) is 0 Å². The Hall–Kier alpha value is -1.06. The van der Waals surface area contributed by atoms with Crippen molar-refractivity contribution in [1.82, 2.24) is 10.2 Å². The molecule has 2 aliphatic rings. The largest absolute Gasteiger partial charge is 0.331 e. The fraction of sp³-hybridized carbons (Fsp3) is 0.846. The quantitative estimate of drug-likeness (QED) is 0.755. The van der Waals surface area contributed by atoms with Crippen LogP contribution in [0.2, 0.25) is 0 Å². The molecule has 0 aromatic rings. The van der Waals surface area contributed by atoms with Gasteiger partial charge in [0.25, 0.3) is 0 Å². The summed E-state index contributed by atoms with van der Waals surface area (Å²) in [6.07, 6.45) is 1.99.